The zero-order valence-corrected chi connectivity index (χ0v) is 11.3. The van der Waals surface area contributed by atoms with Crippen LogP contribution in [0.1, 0.15) is 21.5 Å². The summed E-state index contributed by atoms with van der Waals surface area (Å²) in [5, 5.41) is 27.1. The number of carbonyl (C=O) groups is 1. The highest BCUT2D eigenvalue weighted by molar-refractivity contribution is 5.98. The van der Waals surface area contributed by atoms with E-state index in [1.54, 1.807) is 0 Å². The molecule has 21 heavy (non-hydrogen) atoms. The van der Waals surface area contributed by atoms with Crippen LogP contribution >= 0.6 is 0 Å². The van der Waals surface area contributed by atoms with Crippen molar-refractivity contribution in [2.24, 2.45) is 0 Å². The molecule has 0 aliphatic heterocycles. The van der Waals surface area contributed by atoms with Crippen molar-refractivity contribution in [3.8, 4) is 5.75 Å². The van der Waals surface area contributed by atoms with Gasteiger partial charge in [-0.3, -0.25) is 4.79 Å². The monoisotopic (exact) mass is 288 g/mol. The Labute approximate surface area is 122 Å². The van der Waals surface area contributed by atoms with E-state index >= 15 is 0 Å². The highest BCUT2D eigenvalue weighted by Gasteiger charge is 2.16. The van der Waals surface area contributed by atoms with Gasteiger partial charge in [-0.15, -0.1) is 0 Å². The molecule has 0 heterocycles. The van der Waals surface area contributed by atoms with Crippen molar-refractivity contribution in [2.75, 3.05) is 0 Å². The summed E-state index contributed by atoms with van der Waals surface area (Å²) in [5.74, 6) is -0.371. The fraction of sp³-hybridized carbons (Fsp3) is 0.188. The summed E-state index contributed by atoms with van der Waals surface area (Å²) in [7, 11) is 0. The van der Waals surface area contributed by atoms with Crippen LogP contribution in [0.3, 0.4) is 0 Å². The molecule has 0 saturated carbocycles. The van der Waals surface area contributed by atoms with E-state index in [0.717, 1.165) is 5.56 Å². The molecule has 0 fully saturated rings. The van der Waals surface area contributed by atoms with E-state index in [1.165, 1.54) is 18.2 Å². The van der Waals surface area contributed by atoms with Crippen molar-refractivity contribution in [3.63, 3.8) is 0 Å². The average molecular weight is 288 g/mol. The maximum absolute atomic E-state index is 11.5. The summed E-state index contributed by atoms with van der Waals surface area (Å²) in [4.78, 5) is 11.5. The van der Waals surface area contributed by atoms with Crippen LogP contribution in [-0.4, -0.2) is 27.4 Å². The third-order valence-electron chi connectivity index (χ3n) is 2.99. The van der Waals surface area contributed by atoms with Crippen LogP contribution in [0, 0.1) is 0 Å². The van der Waals surface area contributed by atoms with Crippen molar-refractivity contribution in [3.05, 3.63) is 65.2 Å². The molecule has 0 aliphatic rings. The summed E-state index contributed by atoms with van der Waals surface area (Å²) >= 11 is 0. The number of hydrogen-bond acceptors (Lipinski definition) is 5. The topological polar surface area (TPSA) is 87.0 Å². The van der Waals surface area contributed by atoms with E-state index in [0.29, 0.717) is 17.9 Å². The number of benzene rings is 2. The number of ether oxygens (including phenoxy) is 1. The third kappa shape index (κ3) is 3.88. The van der Waals surface area contributed by atoms with Gasteiger partial charge in [0.25, 0.3) is 0 Å². The molecule has 2 aromatic carbocycles. The molecule has 0 aliphatic carbocycles. The quantitative estimate of drug-likeness (QED) is 0.550. The van der Waals surface area contributed by atoms with E-state index in [9.17, 15) is 9.90 Å². The zero-order valence-electron chi connectivity index (χ0n) is 11.3. The number of hydrogen-bond donors (Lipinski definition) is 3. The molecule has 0 unspecified atom stereocenters. The molecule has 0 saturated heterocycles. The number of carbonyl (C=O) groups excluding carboxylic acids is 1. The number of aliphatic hydroxyl groups is 3. The Hall–Kier alpha value is -2.21. The molecule has 2 rings (SSSR count). The Morgan fingerprint density at radius 1 is 1.10 bits per heavy atom. The maximum Gasteiger partial charge on any atom is 0.218 e. The predicted octanol–water partition coefficient (Wildman–Crippen LogP) is 1.25. The van der Waals surface area contributed by atoms with Crippen molar-refractivity contribution < 1.29 is 24.9 Å². The molecular formula is C16H16O5. The fourth-order valence-electron chi connectivity index (χ4n) is 1.88. The zero-order chi connectivity index (χ0) is 15.2. The molecule has 0 bridgehead atoms. The standard InChI is InChI=1S/C16H16O5/c17-9-13-8-12(15(18)16(19)20)6-7-14(13)21-10-11-4-2-1-3-5-11/h1-8,16-17,19-20H,9-10H2. The van der Waals surface area contributed by atoms with Crippen molar-refractivity contribution in [2.45, 2.75) is 19.5 Å². The molecule has 5 heteroatoms. The van der Waals surface area contributed by atoms with Crippen LogP contribution in [0.5, 0.6) is 5.75 Å². The van der Waals surface area contributed by atoms with Gasteiger partial charge in [-0.2, -0.15) is 0 Å². The van der Waals surface area contributed by atoms with Crippen LogP contribution in [-0.2, 0) is 13.2 Å². The Bertz CT molecular complexity index is 607. The minimum Gasteiger partial charge on any atom is -0.489 e. The molecule has 3 N–H and O–H groups in total. The van der Waals surface area contributed by atoms with Gasteiger partial charge in [-0.1, -0.05) is 30.3 Å². The first kappa shape index (κ1) is 15.2. The van der Waals surface area contributed by atoms with E-state index in [-0.39, 0.29) is 12.2 Å². The smallest absolute Gasteiger partial charge is 0.218 e. The van der Waals surface area contributed by atoms with Crippen LogP contribution in [0.25, 0.3) is 0 Å². The normalized spacial score (nSPS) is 10.7. The maximum atomic E-state index is 11.5. The van der Waals surface area contributed by atoms with Crippen molar-refractivity contribution >= 4 is 5.78 Å². The molecular weight excluding hydrogens is 272 g/mol. The Morgan fingerprint density at radius 2 is 1.81 bits per heavy atom. The summed E-state index contributed by atoms with van der Waals surface area (Å²) in [6.45, 7) is 0.0243. The van der Waals surface area contributed by atoms with Gasteiger partial charge < -0.3 is 20.1 Å². The van der Waals surface area contributed by atoms with E-state index < -0.39 is 12.1 Å². The molecule has 0 radical (unpaired) electrons. The van der Waals surface area contributed by atoms with Gasteiger partial charge in [0.15, 0.2) is 0 Å². The Morgan fingerprint density at radius 3 is 2.43 bits per heavy atom. The second-order valence-electron chi connectivity index (χ2n) is 4.49. The largest absolute Gasteiger partial charge is 0.489 e. The van der Waals surface area contributed by atoms with Gasteiger partial charge in [0.05, 0.1) is 6.61 Å². The molecule has 0 aromatic heterocycles. The minimum absolute atomic E-state index is 0.112. The second kappa shape index (κ2) is 6.99. The molecule has 110 valence electrons. The molecule has 0 amide bonds. The lowest BCUT2D eigenvalue weighted by molar-refractivity contribution is -0.0195. The fourth-order valence-corrected chi connectivity index (χ4v) is 1.88. The van der Waals surface area contributed by atoms with Crippen LogP contribution in [0.15, 0.2) is 48.5 Å². The summed E-state index contributed by atoms with van der Waals surface area (Å²) < 4.78 is 5.61. The van der Waals surface area contributed by atoms with Crippen LogP contribution < -0.4 is 4.74 Å². The second-order valence-corrected chi connectivity index (χ2v) is 4.49. The molecule has 2 aromatic rings. The van der Waals surface area contributed by atoms with Crippen molar-refractivity contribution in [1.82, 2.24) is 0 Å². The van der Waals surface area contributed by atoms with Gasteiger partial charge in [0.1, 0.15) is 12.4 Å². The summed E-state index contributed by atoms with van der Waals surface area (Å²) in [5.41, 5.74) is 1.51. The van der Waals surface area contributed by atoms with Gasteiger partial charge in [-0.05, 0) is 23.8 Å². The van der Waals surface area contributed by atoms with Crippen LogP contribution in [0.2, 0.25) is 0 Å². The van der Waals surface area contributed by atoms with Crippen molar-refractivity contribution in [1.29, 1.82) is 0 Å². The van der Waals surface area contributed by atoms with E-state index in [1.807, 2.05) is 30.3 Å². The van der Waals surface area contributed by atoms with E-state index in [4.69, 9.17) is 14.9 Å². The SMILES string of the molecule is O=C(c1ccc(OCc2ccccc2)c(CO)c1)C(O)O. The number of Topliss-reactive ketones (excluding diaryl/α,β-unsaturated/α-hetero) is 1. The van der Waals surface area contributed by atoms with E-state index in [2.05, 4.69) is 0 Å². The molecule has 0 spiro atoms. The highest BCUT2D eigenvalue weighted by atomic mass is 16.5. The average Bonchev–Trinajstić information content (AvgIpc) is 2.53. The van der Waals surface area contributed by atoms with Gasteiger partial charge in [0, 0.05) is 11.1 Å². The van der Waals surface area contributed by atoms with Gasteiger partial charge in [-0.25, -0.2) is 0 Å². The van der Waals surface area contributed by atoms with Gasteiger partial charge in [0.2, 0.25) is 12.1 Å². The highest BCUT2D eigenvalue weighted by Crippen LogP contribution is 2.22. The van der Waals surface area contributed by atoms with Gasteiger partial charge >= 0.3 is 0 Å². The first-order valence-electron chi connectivity index (χ1n) is 6.42. The first-order valence-corrected chi connectivity index (χ1v) is 6.42. The summed E-state index contributed by atoms with van der Waals surface area (Å²) in [6.07, 6.45) is -2.06. The lowest BCUT2D eigenvalue weighted by Gasteiger charge is -2.12. The minimum atomic E-state index is -2.06. The lowest BCUT2D eigenvalue weighted by atomic mass is 10.1. The third-order valence-corrected chi connectivity index (χ3v) is 2.99. The number of aliphatic hydroxyl groups excluding tert-OH is 2. The predicted molar refractivity (Wildman–Crippen MR) is 75.7 cm³/mol. The van der Waals surface area contributed by atoms with Crippen LogP contribution in [0.4, 0.5) is 0 Å². The molecule has 0 atom stereocenters. The number of rotatable bonds is 6. The molecule has 5 nitrogen and oxygen atoms in total. The first-order chi connectivity index (χ1) is 10.1. The summed E-state index contributed by atoms with van der Waals surface area (Å²) in [6, 6.07) is 13.9. The lowest BCUT2D eigenvalue weighted by Crippen LogP contribution is -2.19. The Kier molecular flexibility index (Phi) is 5.05. The Balaban J connectivity index is 2.15. The number of ketones is 1.